The molecule has 2 heterocycles. The molecule has 2 aromatic rings. The van der Waals surface area contributed by atoms with Crippen molar-refractivity contribution in [2.24, 2.45) is 0 Å². The Bertz CT molecular complexity index is 998. The number of urea groups is 1. The van der Waals surface area contributed by atoms with E-state index in [1.165, 1.54) is 11.8 Å². The largest absolute Gasteiger partial charge is 0.344 e. The Morgan fingerprint density at radius 1 is 1.23 bits per heavy atom. The maximum absolute atomic E-state index is 12.8. The number of aryl methyl sites for hydroxylation is 2. The molecule has 4 rings (SSSR count). The molecule has 30 heavy (non-hydrogen) atoms. The quantitative estimate of drug-likeness (QED) is 0.559. The van der Waals surface area contributed by atoms with E-state index < -0.39 is 17.5 Å². The van der Waals surface area contributed by atoms with E-state index in [9.17, 15) is 14.4 Å². The third-order valence-corrected chi connectivity index (χ3v) is 6.52. The van der Waals surface area contributed by atoms with Crippen LogP contribution in [0.15, 0.2) is 29.7 Å². The number of thioether (sulfide) groups is 1. The first-order valence-corrected chi connectivity index (χ1v) is 10.9. The van der Waals surface area contributed by atoms with E-state index >= 15 is 0 Å². The summed E-state index contributed by atoms with van der Waals surface area (Å²) in [5.41, 5.74) is 4.69. The zero-order valence-electron chi connectivity index (χ0n) is 17.0. The highest BCUT2D eigenvalue weighted by atomic mass is 32.2. The van der Waals surface area contributed by atoms with Crippen LogP contribution in [-0.2, 0) is 9.59 Å². The van der Waals surface area contributed by atoms with Crippen LogP contribution in [0, 0.1) is 13.8 Å². The van der Waals surface area contributed by atoms with Gasteiger partial charge in [-0.1, -0.05) is 43.2 Å². The van der Waals surface area contributed by atoms with Crippen LogP contribution in [0.5, 0.6) is 0 Å². The van der Waals surface area contributed by atoms with Crippen LogP contribution in [0.1, 0.15) is 43.2 Å². The molecule has 0 radical (unpaired) electrons. The van der Waals surface area contributed by atoms with Gasteiger partial charge in [0.25, 0.3) is 5.91 Å². The predicted molar refractivity (Wildman–Crippen MR) is 111 cm³/mol. The number of benzene rings is 1. The number of nitrogens with zero attached hydrogens (tertiary/aromatic N) is 4. The fourth-order valence-corrected chi connectivity index (χ4v) is 4.68. The van der Waals surface area contributed by atoms with Gasteiger partial charge in [0.05, 0.1) is 11.4 Å². The van der Waals surface area contributed by atoms with Crippen LogP contribution in [0.25, 0.3) is 5.69 Å². The Balaban J connectivity index is 1.41. The van der Waals surface area contributed by atoms with E-state index in [-0.39, 0.29) is 11.7 Å². The number of carbonyl (C=O) groups excluding carboxylic acids is 3. The molecule has 1 saturated heterocycles. The minimum Gasteiger partial charge on any atom is -0.322 e. The van der Waals surface area contributed by atoms with Gasteiger partial charge in [-0.3, -0.25) is 19.6 Å². The lowest BCUT2D eigenvalue weighted by molar-refractivity contribution is -0.139. The molecule has 0 atom stereocenters. The monoisotopic (exact) mass is 428 g/mol. The number of hydrazine groups is 1. The number of nitrogens with one attached hydrogen (secondary N) is 2. The van der Waals surface area contributed by atoms with Crippen LogP contribution < -0.4 is 10.7 Å². The summed E-state index contributed by atoms with van der Waals surface area (Å²) in [7, 11) is 0. The second kappa shape index (κ2) is 8.10. The van der Waals surface area contributed by atoms with Crippen molar-refractivity contribution in [1.82, 2.24) is 30.5 Å². The summed E-state index contributed by atoms with van der Waals surface area (Å²) in [6, 6.07) is 5.50. The topological polar surface area (TPSA) is 109 Å². The highest BCUT2D eigenvalue weighted by molar-refractivity contribution is 7.99. The molecule has 9 nitrogen and oxygen atoms in total. The number of hydrogen-bond acceptors (Lipinski definition) is 6. The third-order valence-electron chi connectivity index (χ3n) is 5.58. The molecular formula is C20H24N6O3S. The zero-order valence-corrected chi connectivity index (χ0v) is 17.8. The van der Waals surface area contributed by atoms with Gasteiger partial charge in [-0.05, 0) is 43.9 Å². The molecular weight excluding hydrogens is 404 g/mol. The van der Waals surface area contributed by atoms with Gasteiger partial charge in [0.1, 0.15) is 11.9 Å². The van der Waals surface area contributed by atoms with Crippen molar-refractivity contribution >= 4 is 29.6 Å². The van der Waals surface area contributed by atoms with Crippen molar-refractivity contribution in [3.8, 4) is 5.69 Å². The van der Waals surface area contributed by atoms with Crippen molar-refractivity contribution in [2.75, 3.05) is 5.75 Å². The molecule has 2 aliphatic rings. The first kappa shape index (κ1) is 20.4. The second-order valence-electron chi connectivity index (χ2n) is 7.81. The SMILES string of the molecule is Cc1ccc(C)c(-n2cnnc2SCC(=O)NN2C(=O)NC3(CCCCC3)C2=O)c1. The summed E-state index contributed by atoms with van der Waals surface area (Å²) in [6.07, 6.45) is 5.64. The average Bonchev–Trinajstić information content (AvgIpc) is 3.28. The number of imide groups is 1. The summed E-state index contributed by atoms with van der Waals surface area (Å²) in [5, 5.41) is 12.2. The zero-order chi connectivity index (χ0) is 21.3. The van der Waals surface area contributed by atoms with Crippen molar-refractivity contribution in [2.45, 2.75) is 56.6 Å². The second-order valence-corrected chi connectivity index (χ2v) is 8.75. The Morgan fingerprint density at radius 2 is 2.00 bits per heavy atom. The van der Waals surface area contributed by atoms with Crippen molar-refractivity contribution in [1.29, 1.82) is 0 Å². The molecule has 0 bridgehead atoms. The van der Waals surface area contributed by atoms with Crippen LogP contribution >= 0.6 is 11.8 Å². The molecule has 1 aliphatic heterocycles. The van der Waals surface area contributed by atoms with E-state index in [2.05, 4.69) is 20.9 Å². The van der Waals surface area contributed by atoms with E-state index in [0.717, 1.165) is 41.1 Å². The van der Waals surface area contributed by atoms with Gasteiger partial charge >= 0.3 is 6.03 Å². The highest BCUT2D eigenvalue weighted by Gasteiger charge is 2.52. The number of hydrogen-bond donors (Lipinski definition) is 2. The number of rotatable bonds is 5. The van der Waals surface area contributed by atoms with E-state index in [1.807, 2.05) is 36.6 Å². The van der Waals surface area contributed by atoms with Crippen LogP contribution in [-0.4, -0.2) is 48.9 Å². The molecule has 1 aliphatic carbocycles. The fraction of sp³-hybridized carbons (Fsp3) is 0.450. The van der Waals surface area contributed by atoms with Gasteiger partial charge in [0.15, 0.2) is 5.16 Å². The van der Waals surface area contributed by atoms with Crippen molar-refractivity contribution in [3.63, 3.8) is 0 Å². The molecule has 1 aromatic heterocycles. The minimum absolute atomic E-state index is 0.00633. The Hall–Kier alpha value is -2.88. The summed E-state index contributed by atoms with van der Waals surface area (Å²) >= 11 is 1.19. The number of amides is 4. The van der Waals surface area contributed by atoms with Crippen LogP contribution in [0.2, 0.25) is 0 Å². The van der Waals surface area contributed by atoms with Crippen LogP contribution in [0.3, 0.4) is 0 Å². The van der Waals surface area contributed by atoms with Crippen molar-refractivity contribution in [3.05, 3.63) is 35.7 Å². The minimum atomic E-state index is -0.862. The molecule has 1 spiro atoms. The van der Waals surface area contributed by atoms with Gasteiger partial charge in [-0.2, -0.15) is 5.01 Å². The fourth-order valence-electron chi connectivity index (χ4n) is 3.97. The summed E-state index contributed by atoms with van der Waals surface area (Å²) in [5.74, 6) is -0.830. The smallest absolute Gasteiger partial charge is 0.322 e. The van der Waals surface area contributed by atoms with E-state index in [4.69, 9.17) is 0 Å². The molecule has 0 unspecified atom stereocenters. The number of carbonyl (C=O) groups is 3. The molecule has 4 amide bonds. The summed E-state index contributed by atoms with van der Waals surface area (Å²) in [6.45, 7) is 4.00. The summed E-state index contributed by atoms with van der Waals surface area (Å²) in [4.78, 5) is 37.5. The first-order valence-electron chi connectivity index (χ1n) is 9.96. The molecule has 10 heteroatoms. The lowest BCUT2D eigenvalue weighted by Crippen LogP contribution is -2.51. The lowest BCUT2D eigenvalue weighted by atomic mass is 9.82. The maximum atomic E-state index is 12.8. The molecule has 2 fully saturated rings. The van der Waals surface area contributed by atoms with E-state index in [0.29, 0.717) is 18.0 Å². The highest BCUT2D eigenvalue weighted by Crippen LogP contribution is 2.33. The van der Waals surface area contributed by atoms with Crippen LogP contribution in [0.4, 0.5) is 4.79 Å². The van der Waals surface area contributed by atoms with Gasteiger partial charge in [-0.15, -0.1) is 10.2 Å². The van der Waals surface area contributed by atoms with Crippen molar-refractivity contribution < 1.29 is 14.4 Å². The lowest BCUT2D eigenvalue weighted by Gasteiger charge is -2.30. The van der Waals surface area contributed by atoms with Gasteiger partial charge in [-0.25, -0.2) is 4.79 Å². The average molecular weight is 429 g/mol. The standard InChI is InChI=1S/C20H24N6O3S/c1-13-6-7-14(2)15(10-13)25-12-21-23-19(25)30-11-16(27)24-26-17(28)20(22-18(26)29)8-4-3-5-9-20/h6-7,10,12H,3-5,8-9,11H2,1-2H3,(H,22,29)(H,24,27). The Labute approximate surface area is 178 Å². The molecule has 2 N–H and O–H groups in total. The number of aromatic nitrogens is 3. The normalized spacial score (nSPS) is 18.0. The van der Waals surface area contributed by atoms with Gasteiger partial charge in [0, 0.05) is 0 Å². The Kier molecular flexibility index (Phi) is 5.50. The molecule has 1 saturated carbocycles. The molecule has 158 valence electrons. The third kappa shape index (κ3) is 3.79. The van der Waals surface area contributed by atoms with Gasteiger partial charge in [0.2, 0.25) is 5.91 Å². The van der Waals surface area contributed by atoms with E-state index in [1.54, 1.807) is 6.33 Å². The summed E-state index contributed by atoms with van der Waals surface area (Å²) < 4.78 is 1.82. The Morgan fingerprint density at radius 3 is 2.77 bits per heavy atom. The molecule has 1 aromatic carbocycles. The van der Waals surface area contributed by atoms with Gasteiger partial charge < -0.3 is 5.32 Å². The predicted octanol–water partition coefficient (Wildman–Crippen LogP) is 2.26. The first-order chi connectivity index (χ1) is 14.4. The maximum Gasteiger partial charge on any atom is 0.344 e.